The van der Waals surface area contributed by atoms with Crippen LogP contribution in [0.2, 0.25) is 0 Å². The van der Waals surface area contributed by atoms with Gasteiger partial charge in [-0.1, -0.05) is 6.92 Å². The van der Waals surface area contributed by atoms with Crippen LogP contribution in [0.25, 0.3) is 0 Å². The molecule has 0 bridgehead atoms. The summed E-state index contributed by atoms with van der Waals surface area (Å²) >= 11 is 0. The first-order valence-electron chi connectivity index (χ1n) is 5.35. The van der Waals surface area contributed by atoms with Gasteiger partial charge < -0.3 is 19.3 Å². The number of carbonyl (C=O) groups is 1. The van der Waals surface area contributed by atoms with E-state index in [9.17, 15) is 9.90 Å². The predicted molar refractivity (Wildman–Crippen MR) is 59.3 cm³/mol. The molecule has 0 aromatic heterocycles. The van der Waals surface area contributed by atoms with Gasteiger partial charge in [0.25, 0.3) is 0 Å². The number of hydrogen-bond acceptors (Lipinski definition) is 5. The quantitative estimate of drug-likeness (QED) is 0.646. The van der Waals surface area contributed by atoms with Crippen molar-refractivity contribution in [1.29, 1.82) is 0 Å². The Morgan fingerprint density at radius 2 is 2.18 bits per heavy atom. The molecular weight excluding hydrogens is 224 g/mol. The highest BCUT2D eigenvalue weighted by Gasteiger charge is 2.37. The maximum atomic E-state index is 11.3. The number of benzene rings is 1. The van der Waals surface area contributed by atoms with E-state index in [1.54, 1.807) is 0 Å². The van der Waals surface area contributed by atoms with Gasteiger partial charge in [0.15, 0.2) is 11.5 Å². The van der Waals surface area contributed by atoms with Crippen molar-refractivity contribution < 1.29 is 24.1 Å². The van der Waals surface area contributed by atoms with Crippen LogP contribution in [0.1, 0.15) is 13.3 Å². The molecule has 2 unspecified atom stereocenters. The first-order chi connectivity index (χ1) is 8.10. The highest BCUT2D eigenvalue weighted by Crippen LogP contribution is 2.34. The van der Waals surface area contributed by atoms with Crippen LogP contribution in [0.5, 0.6) is 17.2 Å². The fourth-order valence-electron chi connectivity index (χ4n) is 1.43. The van der Waals surface area contributed by atoms with E-state index in [4.69, 9.17) is 14.2 Å². The molecule has 0 radical (unpaired) electrons. The van der Waals surface area contributed by atoms with E-state index < -0.39 is 6.16 Å². The zero-order chi connectivity index (χ0) is 12.4. The summed E-state index contributed by atoms with van der Waals surface area (Å²) in [6.45, 7) is 2.00. The Morgan fingerprint density at radius 3 is 2.71 bits per heavy atom. The van der Waals surface area contributed by atoms with Crippen LogP contribution in [0, 0.1) is 5.92 Å². The van der Waals surface area contributed by atoms with Crippen molar-refractivity contribution in [2.45, 2.75) is 19.4 Å². The molecule has 1 fully saturated rings. The Labute approximate surface area is 98.9 Å². The summed E-state index contributed by atoms with van der Waals surface area (Å²) in [6.07, 6.45) is 0.0986. The van der Waals surface area contributed by atoms with Crippen molar-refractivity contribution in [3.8, 4) is 17.2 Å². The minimum atomic E-state index is -0.746. The minimum absolute atomic E-state index is 0.0330. The molecule has 1 aliphatic carbocycles. The van der Waals surface area contributed by atoms with Gasteiger partial charge in [-0.25, -0.2) is 4.79 Å². The second-order valence-electron chi connectivity index (χ2n) is 4.06. The van der Waals surface area contributed by atoms with E-state index in [2.05, 4.69) is 0 Å². The third-order valence-corrected chi connectivity index (χ3v) is 2.63. The fourth-order valence-corrected chi connectivity index (χ4v) is 1.43. The van der Waals surface area contributed by atoms with Gasteiger partial charge in [-0.3, -0.25) is 0 Å². The van der Waals surface area contributed by atoms with Gasteiger partial charge in [0.1, 0.15) is 11.9 Å². The van der Waals surface area contributed by atoms with Crippen molar-refractivity contribution >= 4 is 6.16 Å². The SMILES string of the molecule is COc1ccc(OC(=O)OC2CC2C)cc1O. The molecular formula is C12H14O5. The molecule has 1 saturated carbocycles. The van der Waals surface area contributed by atoms with E-state index in [-0.39, 0.29) is 17.6 Å². The van der Waals surface area contributed by atoms with Crippen LogP contribution in [0.3, 0.4) is 0 Å². The normalized spacial score (nSPS) is 21.8. The topological polar surface area (TPSA) is 65.0 Å². The largest absolute Gasteiger partial charge is 0.514 e. The monoisotopic (exact) mass is 238 g/mol. The van der Waals surface area contributed by atoms with E-state index in [0.717, 1.165) is 6.42 Å². The summed E-state index contributed by atoms with van der Waals surface area (Å²) in [5.74, 6) is 0.868. The van der Waals surface area contributed by atoms with E-state index in [0.29, 0.717) is 11.7 Å². The number of rotatable bonds is 3. The van der Waals surface area contributed by atoms with E-state index in [1.165, 1.54) is 25.3 Å². The molecule has 92 valence electrons. The molecule has 1 aliphatic rings. The molecule has 1 aromatic rings. The van der Waals surface area contributed by atoms with Crippen LogP contribution >= 0.6 is 0 Å². The molecule has 1 aromatic carbocycles. The maximum absolute atomic E-state index is 11.3. The summed E-state index contributed by atoms with van der Waals surface area (Å²) < 4.78 is 14.8. The minimum Gasteiger partial charge on any atom is -0.504 e. The lowest BCUT2D eigenvalue weighted by Gasteiger charge is -2.07. The summed E-state index contributed by atoms with van der Waals surface area (Å²) in [4.78, 5) is 11.3. The number of aromatic hydroxyl groups is 1. The van der Waals surface area contributed by atoms with Gasteiger partial charge >= 0.3 is 6.16 Å². The molecule has 0 spiro atoms. The average Bonchev–Trinajstić information content (AvgIpc) is 2.94. The maximum Gasteiger partial charge on any atom is 0.514 e. The van der Waals surface area contributed by atoms with Crippen LogP contribution in [0.15, 0.2) is 18.2 Å². The standard InChI is InChI=1S/C12H14O5/c1-7-5-11(7)17-12(14)16-8-3-4-10(15-2)9(13)6-8/h3-4,6-7,11,13H,5H2,1-2H3. The molecule has 2 rings (SSSR count). The van der Waals surface area contributed by atoms with Gasteiger partial charge in [-0.15, -0.1) is 0 Å². The summed E-state index contributed by atoms with van der Waals surface area (Å²) in [6, 6.07) is 4.34. The van der Waals surface area contributed by atoms with Crippen molar-refractivity contribution in [2.24, 2.45) is 5.92 Å². The highest BCUT2D eigenvalue weighted by molar-refractivity contribution is 5.65. The molecule has 1 N–H and O–H groups in total. The Morgan fingerprint density at radius 1 is 1.47 bits per heavy atom. The van der Waals surface area contributed by atoms with E-state index in [1.807, 2.05) is 6.92 Å². The van der Waals surface area contributed by atoms with Gasteiger partial charge in [0, 0.05) is 6.07 Å². The zero-order valence-electron chi connectivity index (χ0n) is 9.67. The Hall–Kier alpha value is -1.91. The molecule has 0 amide bonds. The summed E-state index contributed by atoms with van der Waals surface area (Å²) in [7, 11) is 1.44. The molecule has 2 atom stereocenters. The lowest BCUT2D eigenvalue weighted by atomic mass is 10.3. The highest BCUT2D eigenvalue weighted by atomic mass is 16.7. The predicted octanol–water partition coefficient (Wildman–Crippen LogP) is 2.32. The number of phenols is 1. The lowest BCUT2D eigenvalue weighted by Crippen LogP contribution is -2.12. The van der Waals surface area contributed by atoms with E-state index >= 15 is 0 Å². The average molecular weight is 238 g/mol. The van der Waals surface area contributed by atoms with Crippen LogP contribution in [-0.4, -0.2) is 24.5 Å². The van der Waals surface area contributed by atoms with Crippen molar-refractivity contribution in [2.75, 3.05) is 7.11 Å². The number of hydrogen-bond donors (Lipinski definition) is 1. The molecule has 0 saturated heterocycles. The van der Waals surface area contributed by atoms with Crippen LogP contribution in [0.4, 0.5) is 4.79 Å². The van der Waals surface area contributed by atoms with Crippen LogP contribution < -0.4 is 9.47 Å². The van der Waals surface area contributed by atoms with Gasteiger partial charge in [0.05, 0.1) is 7.11 Å². The molecule has 17 heavy (non-hydrogen) atoms. The first kappa shape index (κ1) is 11.6. The van der Waals surface area contributed by atoms with Gasteiger partial charge in [0.2, 0.25) is 0 Å². The second kappa shape index (κ2) is 4.53. The Balaban J connectivity index is 1.94. The van der Waals surface area contributed by atoms with Gasteiger partial charge in [-0.2, -0.15) is 0 Å². The smallest absolute Gasteiger partial charge is 0.504 e. The first-order valence-corrected chi connectivity index (χ1v) is 5.35. The fraction of sp³-hybridized carbons (Fsp3) is 0.417. The third-order valence-electron chi connectivity index (χ3n) is 2.63. The summed E-state index contributed by atoms with van der Waals surface area (Å²) in [5, 5.41) is 9.48. The molecule has 0 heterocycles. The van der Waals surface area contributed by atoms with Crippen LogP contribution in [-0.2, 0) is 4.74 Å². The Bertz CT molecular complexity index is 429. The number of methoxy groups -OCH3 is 1. The lowest BCUT2D eigenvalue weighted by molar-refractivity contribution is 0.0884. The molecule has 5 heteroatoms. The zero-order valence-corrected chi connectivity index (χ0v) is 9.67. The summed E-state index contributed by atoms with van der Waals surface area (Å²) in [5.41, 5.74) is 0. The van der Waals surface area contributed by atoms with Crippen molar-refractivity contribution in [3.63, 3.8) is 0 Å². The number of phenolic OH excluding ortho intramolecular Hbond substituents is 1. The molecule has 0 aliphatic heterocycles. The third kappa shape index (κ3) is 2.81. The number of carbonyl (C=O) groups excluding carboxylic acids is 1. The second-order valence-corrected chi connectivity index (χ2v) is 4.06. The van der Waals surface area contributed by atoms with Gasteiger partial charge in [-0.05, 0) is 24.5 Å². The van der Waals surface area contributed by atoms with Crippen molar-refractivity contribution in [3.05, 3.63) is 18.2 Å². The van der Waals surface area contributed by atoms with Crippen molar-refractivity contribution in [1.82, 2.24) is 0 Å². The molecule has 5 nitrogen and oxygen atoms in total. The number of ether oxygens (including phenoxy) is 3. The Kier molecular flexibility index (Phi) is 3.08.